The van der Waals surface area contributed by atoms with Crippen molar-refractivity contribution in [2.45, 2.75) is 18.2 Å². The Labute approximate surface area is 154 Å². The fourth-order valence-electron chi connectivity index (χ4n) is 2.47. The number of sulfonamides is 1. The van der Waals surface area contributed by atoms with E-state index in [-0.39, 0.29) is 10.7 Å². The van der Waals surface area contributed by atoms with Crippen LogP contribution in [0.25, 0.3) is 0 Å². The van der Waals surface area contributed by atoms with Crippen LogP contribution in [-0.4, -0.2) is 14.3 Å². The highest BCUT2D eigenvalue weighted by Gasteiger charge is 2.15. The molecule has 132 valence electrons. The number of anilines is 1. The van der Waals surface area contributed by atoms with Crippen LogP contribution in [0.1, 0.15) is 18.1 Å². The van der Waals surface area contributed by atoms with Gasteiger partial charge in [0.05, 0.1) is 4.90 Å². The van der Waals surface area contributed by atoms with Crippen LogP contribution in [-0.2, 0) is 16.4 Å². The molecule has 0 saturated heterocycles. The third-order valence-electron chi connectivity index (χ3n) is 3.92. The molecule has 0 aromatic heterocycles. The lowest BCUT2D eigenvalue weighted by Gasteiger charge is -2.11. The lowest BCUT2D eigenvalue weighted by Crippen LogP contribution is -2.16. The van der Waals surface area contributed by atoms with Gasteiger partial charge in [0.15, 0.2) is 5.84 Å². The summed E-state index contributed by atoms with van der Waals surface area (Å²) in [6.45, 7) is 2.03. The van der Waals surface area contributed by atoms with Gasteiger partial charge in [0, 0.05) is 11.3 Å². The summed E-state index contributed by atoms with van der Waals surface area (Å²) < 4.78 is 29.6. The lowest BCUT2D eigenvalue weighted by atomic mass is 10.2. The van der Waals surface area contributed by atoms with E-state index >= 15 is 0 Å². The number of aryl methyl sites for hydroxylation is 1. The minimum Gasteiger partial charge on any atom is -0.339 e. The summed E-state index contributed by atoms with van der Waals surface area (Å²) in [5.41, 5.74) is 2.55. The molecule has 0 unspecified atom stereocenters. The SMILES string of the molecule is CCc1ccc(S(=O)(=O)/N=C(/Nc2ccccc2)c2ccccc2)cc1. The average molecular weight is 364 g/mol. The molecule has 3 aromatic rings. The van der Waals surface area contributed by atoms with Crippen LogP contribution in [0.4, 0.5) is 5.69 Å². The molecule has 26 heavy (non-hydrogen) atoms. The summed E-state index contributed by atoms with van der Waals surface area (Å²) in [6.07, 6.45) is 0.856. The maximum Gasteiger partial charge on any atom is 0.284 e. The van der Waals surface area contributed by atoms with Crippen molar-refractivity contribution in [1.82, 2.24) is 0 Å². The van der Waals surface area contributed by atoms with Crippen LogP contribution in [0.5, 0.6) is 0 Å². The molecule has 0 saturated carbocycles. The zero-order chi connectivity index (χ0) is 18.4. The molecule has 1 N–H and O–H groups in total. The van der Waals surface area contributed by atoms with E-state index in [1.54, 1.807) is 12.1 Å². The highest BCUT2D eigenvalue weighted by Crippen LogP contribution is 2.17. The summed E-state index contributed by atoms with van der Waals surface area (Å²) in [5, 5.41) is 3.11. The predicted octanol–water partition coefficient (Wildman–Crippen LogP) is 4.50. The molecular formula is C21H20N2O2S. The number of rotatable bonds is 5. The molecule has 3 aromatic carbocycles. The number of benzene rings is 3. The van der Waals surface area contributed by atoms with Crippen molar-refractivity contribution in [3.8, 4) is 0 Å². The van der Waals surface area contributed by atoms with Crippen molar-refractivity contribution >= 4 is 21.5 Å². The quantitative estimate of drug-likeness (QED) is 0.536. The molecule has 0 spiro atoms. The number of hydrogen-bond acceptors (Lipinski definition) is 2. The Morgan fingerprint density at radius 2 is 1.42 bits per heavy atom. The first-order valence-electron chi connectivity index (χ1n) is 8.40. The maximum absolute atomic E-state index is 12.8. The van der Waals surface area contributed by atoms with Crippen molar-refractivity contribution in [3.63, 3.8) is 0 Å². The van der Waals surface area contributed by atoms with Gasteiger partial charge in [0.2, 0.25) is 0 Å². The first kappa shape index (κ1) is 17.9. The maximum atomic E-state index is 12.8. The van der Waals surface area contributed by atoms with E-state index in [4.69, 9.17) is 0 Å². The largest absolute Gasteiger partial charge is 0.339 e. The van der Waals surface area contributed by atoms with Crippen molar-refractivity contribution in [2.75, 3.05) is 5.32 Å². The molecule has 4 nitrogen and oxygen atoms in total. The van der Waals surface area contributed by atoms with Crippen LogP contribution < -0.4 is 5.32 Å². The highest BCUT2D eigenvalue weighted by molar-refractivity contribution is 7.90. The molecule has 3 rings (SSSR count). The second kappa shape index (κ2) is 7.97. The molecular weight excluding hydrogens is 344 g/mol. The number of para-hydroxylation sites is 1. The number of amidine groups is 1. The molecule has 0 aliphatic heterocycles. The van der Waals surface area contributed by atoms with Crippen molar-refractivity contribution < 1.29 is 8.42 Å². The monoisotopic (exact) mass is 364 g/mol. The van der Waals surface area contributed by atoms with Crippen molar-refractivity contribution in [3.05, 3.63) is 96.1 Å². The van der Waals surface area contributed by atoms with Crippen molar-refractivity contribution in [2.24, 2.45) is 4.40 Å². The molecule has 0 amide bonds. The Morgan fingerprint density at radius 1 is 0.846 bits per heavy atom. The van der Waals surface area contributed by atoms with Crippen molar-refractivity contribution in [1.29, 1.82) is 0 Å². The second-order valence-electron chi connectivity index (χ2n) is 5.77. The first-order valence-corrected chi connectivity index (χ1v) is 9.84. The summed E-state index contributed by atoms with van der Waals surface area (Å²) in [6, 6.07) is 25.4. The second-order valence-corrected chi connectivity index (χ2v) is 7.37. The van der Waals surface area contributed by atoms with Crippen LogP contribution in [0, 0.1) is 0 Å². The fraction of sp³-hybridized carbons (Fsp3) is 0.0952. The van der Waals surface area contributed by atoms with Gasteiger partial charge in [0.1, 0.15) is 0 Å². The Bertz CT molecular complexity index is 981. The van der Waals surface area contributed by atoms with Gasteiger partial charge in [-0.1, -0.05) is 67.6 Å². The third kappa shape index (κ3) is 4.37. The summed E-state index contributed by atoms with van der Waals surface area (Å²) >= 11 is 0. The normalized spacial score (nSPS) is 12.0. The molecule has 0 aliphatic rings. The van der Waals surface area contributed by atoms with E-state index in [1.807, 2.05) is 79.7 Å². The van der Waals surface area contributed by atoms with Crippen LogP contribution in [0.3, 0.4) is 0 Å². The molecule has 0 aliphatic carbocycles. The van der Waals surface area contributed by atoms with E-state index < -0.39 is 10.0 Å². The summed E-state index contributed by atoms with van der Waals surface area (Å²) in [4.78, 5) is 0.179. The predicted molar refractivity (Wildman–Crippen MR) is 106 cm³/mol. The number of nitrogens with one attached hydrogen (secondary N) is 1. The van der Waals surface area contributed by atoms with Gasteiger partial charge in [-0.05, 0) is 36.2 Å². The Balaban J connectivity index is 2.01. The first-order chi connectivity index (χ1) is 12.6. The van der Waals surface area contributed by atoms with Crippen LogP contribution in [0.15, 0.2) is 94.2 Å². The average Bonchev–Trinajstić information content (AvgIpc) is 2.69. The Kier molecular flexibility index (Phi) is 5.49. The summed E-state index contributed by atoms with van der Waals surface area (Å²) in [5.74, 6) is 0.288. The molecule has 0 bridgehead atoms. The number of nitrogens with zero attached hydrogens (tertiary/aromatic N) is 1. The van der Waals surface area contributed by atoms with E-state index in [0.717, 1.165) is 17.7 Å². The Morgan fingerprint density at radius 3 is 2.00 bits per heavy atom. The molecule has 0 atom stereocenters. The van der Waals surface area contributed by atoms with Gasteiger partial charge < -0.3 is 5.32 Å². The Hall–Kier alpha value is -2.92. The molecule has 0 fully saturated rings. The zero-order valence-electron chi connectivity index (χ0n) is 14.5. The minimum atomic E-state index is -3.83. The van der Waals surface area contributed by atoms with E-state index in [9.17, 15) is 8.42 Å². The van der Waals surface area contributed by atoms with Gasteiger partial charge in [0.25, 0.3) is 10.0 Å². The fourth-order valence-corrected chi connectivity index (χ4v) is 3.45. The van der Waals surface area contributed by atoms with Crippen LogP contribution >= 0.6 is 0 Å². The van der Waals surface area contributed by atoms with Gasteiger partial charge in [-0.3, -0.25) is 0 Å². The van der Waals surface area contributed by atoms with E-state index in [0.29, 0.717) is 5.56 Å². The molecule has 0 heterocycles. The van der Waals surface area contributed by atoms with Gasteiger partial charge in [-0.25, -0.2) is 0 Å². The zero-order valence-corrected chi connectivity index (χ0v) is 15.3. The summed E-state index contributed by atoms with van der Waals surface area (Å²) in [7, 11) is -3.83. The molecule has 5 heteroatoms. The highest BCUT2D eigenvalue weighted by atomic mass is 32.2. The standard InChI is InChI=1S/C21H20N2O2S/c1-2-17-13-15-20(16-14-17)26(24,25)23-21(18-9-5-3-6-10-18)22-19-11-7-4-8-12-19/h3-16H,2H2,1H3,(H,22,23). The third-order valence-corrected chi connectivity index (χ3v) is 5.22. The topological polar surface area (TPSA) is 58.5 Å². The van der Waals surface area contributed by atoms with E-state index in [1.165, 1.54) is 0 Å². The molecule has 0 radical (unpaired) electrons. The smallest absolute Gasteiger partial charge is 0.284 e. The number of hydrogen-bond donors (Lipinski definition) is 1. The van der Waals surface area contributed by atoms with Crippen LogP contribution in [0.2, 0.25) is 0 Å². The van der Waals surface area contributed by atoms with Gasteiger partial charge in [-0.15, -0.1) is 4.40 Å². The lowest BCUT2D eigenvalue weighted by molar-refractivity contribution is 0.598. The van der Waals surface area contributed by atoms with Gasteiger partial charge >= 0.3 is 0 Å². The van der Waals surface area contributed by atoms with E-state index in [2.05, 4.69) is 9.71 Å². The minimum absolute atomic E-state index is 0.179. The van der Waals surface area contributed by atoms with Gasteiger partial charge in [-0.2, -0.15) is 8.42 Å².